The second-order valence-corrected chi connectivity index (χ2v) is 8.34. The third-order valence-corrected chi connectivity index (χ3v) is 6.39. The summed E-state index contributed by atoms with van der Waals surface area (Å²) in [6, 6.07) is 20.4. The molecule has 0 spiro atoms. The van der Waals surface area contributed by atoms with Gasteiger partial charge in [0.2, 0.25) is 11.8 Å². The van der Waals surface area contributed by atoms with E-state index >= 15 is 0 Å². The maximum Gasteiger partial charge on any atom is 0.234 e. The lowest BCUT2D eigenvalue weighted by Crippen LogP contribution is -2.46. The summed E-state index contributed by atoms with van der Waals surface area (Å²) in [5.41, 5.74) is 2.04. The molecule has 1 N–H and O–H groups in total. The Morgan fingerprint density at radius 3 is 1.83 bits per heavy atom. The second kappa shape index (κ2) is 9.25. The largest absolute Gasteiger partial charge is 0.353 e. The average molecular weight is 391 g/mol. The zero-order chi connectivity index (χ0) is 20.1. The molecule has 4 rings (SSSR count). The maximum absolute atomic E-state index is 13.5. The van der Waals surface area contributed by atoms with Gasteiger partial charge in [-0.05, 0) is 36.8 Å². The van der Waals surface area contributed by atoms with Gasteiger partial charge in [0.1, 0.15) is 0 Å². The number of hydrogen-bond acceptors (Lipinski definition) is 2. The Bertz CT molecular complexity index is 768. The third kappa shape index (κ3) is 4.69. The molecular formula is C25H30N2O2. The van der Waals surface area contributed by atoms with E-state index in [0.29, 0.717) is 19.1 Å². The second-order valence-electron chi connectivity index (χ2n) is 8.34. The Labute approximate surface area is 173 Å². The molecule has 0 bridgehead atoms. The van der Waals surface area contributed by atoms with Gasteiger partial charge in [0, 0.05) is 25.0 Å². The molecule has 4 nitrogen and oxygen atoms in total. The molecule has 0 unspecified atom stereocenters. The van der Waals surface area contributed by atoms with E-state index in [1.165, 1.54) is 12.8 Å². The van der Waals surface area contributed by atoms with E-state index in [0.717, 1.165) is 36.8 Å². The molecule has 2 amide bonds. The van der Waals surface area contributed by atoms with Crippen molar-refractivity contribution in [3.63, 3.8) is 0 Å². The van der Waals surface area contributed by atoms with Crippen molar-refractivity contribution in [1.82, 2.24) is 10.2 Å². The number of amides is 2. The van der Waals surface area contributed by atoms with Crippen LogP contribution in [-0.2, 0) is 9.59 Å². The zero-order valence-electron chi connectivity index (χ0n) is 16.9. The van der Waals surface area contributed by atoms with E-state index in [2.05, 4.69) is 5.32 Å². The number of likely N-dealkylation sites (tertiary alicyclic amines) is 1. The fourth-order valence-electron chi connectivity index (χ4n) is 4.70. The summed E-state index contributed by atoms with van der Waals surface area (Å²) in [7, 11) is 0. The van der Waals surface area contributed by atoms with Gasteiger partial charge in [-0.15, -0.1) is 0 Å². The van der Waals surface area contributed by atoms with E-state index in [-0.39, 0.29) is 23.7 Å². The van der Waals surface area contributed by atoms with Crippen LogP contribution in [0.2, 0.25) is 0 Å². The highest BCUT2D eigenvalue weighted by molar-refractivity contribution is 5.87. The Hall–Kier alpha value is -2.62. The number of nitrogens with one attached hydrogen (secondary N) is 1. The van der Waals surface area contributed by atoms with Crippen LogP contribution >= 0.6 is 0 Å². The van der Waals surface area contributed by atoms with E-state index in [1.54, 1.807) is 0 Å². The molecule has 0 atom stereocenters. The van der Waals surface area contributed by atoms with Crippen LogP contribution in [0.5, 0.6) is 0 Å². The number of carbonyl (C=O) groups is 2. The third-order valence-electron chi connectivity index (χ3n) is 6.39. The van der Waals surface area contributed by atoms with Crippen molar-refractivity contribution in [1.29, 1.82) is 0 Å². The molecule has 1 aliphatic carbocycles. The molecule has 1 saturated heterocycles. The van der Waals surface area contributed by atoms with Gasteiger partial charge in [0.05, 0.1) is 5.92 Å². The SMILES string of the molecule is O=C(NC1CCCC1)C1CCN(C(=O)C(c2ccccc2)c2ccccc2)CC1. The van der Waals surface area contributed by atoms with Crippen molar-refractivity contribution in [3.8, 4) is 0 Å². The molecule has 2 aromatic rings. The van der Waals surface area contributed by atoms with Gasteiger partial charge in [0.25, 0.3) is 0 Å². The number of hydrogen-bond donors (Lipinski definition) is 1. The summed E-state index contributed by atoms with van der Waals surface area (Å²) in [6.45, 7) is 1.30. The Morgan fingerprint density at radius 2 is 1.31 bits per heavy atom. The van der Waals surface area contributed by atoms with Crippen LogP contribution in [0.1, 0.15) is 55.6 Å². The minimum absolute atomic E-state index is 0.0338. The minimum atomic E-state index is -0.290. The van der Waals surface area contributed by atoms with Crippen molar-refractivity contribution in [2.24, 2.45) is 5.92 Å². The zero-order valence-corrected chi connectivity index (χ0v) is 16.9. The highest BCUT2D eigenvalue weighted by Crippen LogP contribution is 2.29. The van der Waals surface area contributed by atoms with E-state index in [9.17, 15) is 9.59 Å². The van der Waals surface area contributed by atoms with Gasteiger partial charge in [-0.3, -0.25) is 9.59 Å². The quantitative estimate of drug-likeness (QED) is 0.835. The van der Waals surface area contributed by atoms with Crippen LogP contribution in [0.25, 0.3) is 0 Å². The lowest BCUT2D eigenvalue weighted by atomic mass is 9.88. The molecule has 1 heterocycles. The fraction of sp³-hybridized carbons (Fsp3) is 0.440. The Balaban J connectivity index is 1.42. The molecule has 0 aromatic heterocycles. The van der Waals surface area contributed by atoms with E-state index in [4.69, 9.17) is 0 Å². The van der Waals surface area contributed by atoms with Gasteiger partial charge in [-0.1, -0.05) is 73.5 Å². The van der Waals surface area contributed by atoms with Crippen LogP contribution in [0.3, 0.4) is 0 Å². The summed E-state index contributed by atoms with van der Waals surface area (Å²) in [5, 5.41) is 3.22. The molecule has 2 aliphatic rings. The van der Waals surface area contributed by atoms with Gasteiger partial charge < -0.3 is 10.2 Å². The molecule has 2 aromatic carbocycles. The van der Waals surface area contributed by atoms with Gasteiger partial charge >= 0.3 is 0 Å². The molecular weight excluding hydrogens is 360 g/mol. The van der Waals surface area contributed by atoms with Crippen molar-refractivity contribution in [3.05, 3.63) is 71.8 Å². The first kappa shape index (κ1) is 19.7. The van der Waals surface area contributed by atoms with Crippen LogP contribution in [0, 0.1) is 5.92 Å². The predicted octanol–water partition coefficient (Wildman–Crippen LogP) is 4.12. The maximum atomic E-state index is 13.5. The van der Waals surface area contributed by atoms with Crippen molar-refractivity contribution in [2.75, 3.05) is 13.1 Å². The highest BCUT2D eigenvalue weighted by Gasteiger charge is 2.33. The minimum Gasteiger partial charge on any atom is -0.353 e. The summed E-state index contributed by atoms with van der Waals surface area (Å²) in [4.78, 5) is 28.0. The molecule has 4 heteroatoms. The first-order chi connectivity index (χ1) is 14.2. The lowest BCUT2D eigenvalue weighted by molar-refractivity contribution is -0.136. The van der Waals surface area contributed by atoms with Crippen molar-refractivity contribution in [2.45, 2.75) is 50.5 Å². The van der Waals surface area contributed by atoms with Crippen LogP contribution in [-0.4, -0.2) is 35.8 Å². The summed E-state index contributed by atoms with van der Waals surface area (Å²) < 4.78 is 0. The summed E-state index contributed by atoms with van der Waals surface area (Å²) in [6.07, 6.45) is 6.16. The van der Waals surface area contributed by atoms with E-state index < -0.39 is 0 Å². The molecule has 152 valence electrons. The molecule has 1 saturated carbocycles. The molecule has 29 heavy (non-hydrogen) atoms. The highest BCUT2D eigenvalue weighted by atomic mass is 16.2. The number of piperidine rings is 1. The normalized spacial score (nSPS) is 18.2. The number of nitrogens with zero attached hydrogens (tertiary/aromatic N) is 1. The van der Waals surface area contributed by atoms with Gasteiger partial charge in [-0.2, -0.15) is 0 Å². The van der Waals surface area contributed by atoms with Gasteiger partial charge in [0.15, 0.2) is 0 Å². The molecule has 2 fully saturated rings. The molecule has 1 aliphatic heterocycles. The number of rotatable bonds is 5. The van der Waals surface area contributed by atoms with Crippen LogP contribution in [0.4, 0.5) is 0 Å². The van der Waals surface area contributed by atoms with Crippen LogP contribution in [0.15, 0.2) is 60.7 Å². The lowest BCUT2D eigenvalue weighted by Gasteiger charge is -2.34. The van der Waals surface area contributed by atoms with Crippen LogP contribution < -0.4 is 5.32 Å². The molecule has 0 radical (unpaired) electrons. The fourth-order valence-corrected chi connectivity index (χ4v) is 4.70. The van der Waals surface area contributed by atoms with Crippen molar-refractivity contribution < 1.29 is 9.59 Å². The number of benzene rings is 2. The van der Waals surface area contributed by atoms with Gasteiger partial charge in [-0.25, -0.2) is 0 Å². The Kier molecular flexibility index (Phi) is 6.28. The summed E-state index contributed by atoms with van der Waals surface area (Å²) >= 11 is 0. The monoisotopic (exact) mass is 390 g/mol. The standard InChI is InChI=1S/C25H30N2O2/c28-24(26-22-13-7-8-14-22)21-15-17-27(18-16-21)25(29)23(19-9-3-1-4-10-19)20-11-5-2-6-12-20/h1-6,9-12,21-23H,7-8,13-18H2,(H,26,28). The first-order valence-corrected chi connectivity index (χ1v) is 10.9. The smallest absolute Gasteiger partial charge is 0.234 e. The topological polar surface area (TPSA) is 49.4 Å². The summed E-state index contributed by atoms with van der Waals surface area (Å²) in [5.74, 6) is 0.0662. The van der Waals surface area contributed by atoms with E-state index in [1.807, 2.05) is 65.6 Å². The van der Waals surface area contributed by atoms with Crippen molar-refractivity contribution >= 4 is 11.8 Å². The first-order valence-electron chi connectivity index (χ1n) is 10.9. The average Bonchev–Trinajstić information content (AvgIpc) is 3.28. The predicted molar refractivity (Wildman–Crippen MR) is 114 cm³/mol. The number of carbonyl (C=O) groups excluding carboxylic acids is 2. The Morgan fingerprint density at radius 1 is 0.793 bits per heavy atom.